The molecule has 2 atom stereocenters. The summed E-state index contributed by atoms with van der Waals surface area (Å²) in [5, 5.41) is 16.1. The van der Waals surface area contributed by atoms with Gasteiger partial charge in [-0.1, -0.05) is 30.3 Å². The zero-order chi connectivity index (χ0) is 46.0. The molecule has 1 saturated carbocycles. The molecule has 2 aromatic carbocycles. The number of halogens is 3. The van der Waals surface area contributed by atoms with Crippen LogP contribution in [0, 0.1) is 0 Å². The van der Waals surface area contributed by atoms with E-state index in [2.05, 4.69) is 65.3 Å². The van der Waals surface area contributed by atoms with E-state index in [4.69, 9.17) is 9.72 Å². The first kappa shape index (κ1) is 46.0. The lowest BCUT2D eigenvalue weighted by atomic mass is 9.93. The van der Waals surface area contributed by atoms with Crippen LogP contribution in [0.4, 0.5) is 19.1 Å². The average molecular weight is 915 g/mol. The first-order valence-electron chi connectivity index (χ1n) is 23.6. The standard InChI is InChI=1S/C48H61F3N10O5/c1-56-42-27-32(6-13-40(42)61(47(56)65)41-14-15-43(63)54-45(41)64)16-25-66-26-24-57-19-2-3-36(30-57)59-22-20-58(21-23-59)29-33-4-7-34(8-5-33)39-31-60(35-9-11-37(62)12-10-35)44-38(39)28-53-46(55-44)52-18-17-48(49,50)51/h4-8,13,27-28,31,35-37,41,62H,2-3,9-12,14-26,29-30H2,1H3,(H,52,53,55)(H,54,63,64). The Labute approximate surface area is 381 Å². The van der Waals surface area contributed by atoms with Crippen molar-refractivity contribution in [3.8, 4) is 11.1 Å². The number of aliphatic hydroxyl groups is 1. The molecule has 2 unspecified atom stereocenters. The molecule has 2 amide bonds. The first-order chi connectivity index (χ1) is 31.9. The number of ether oxygens (including phenoxy) is 1. The second-order valence-corrected chi connectivity index (χ2v) is 18.6. The summed E-state index contributed by atoms with van der Waals surface area (Å²) >= 11 is 0. The second-order valence-electron chi connectivity index (χ2n) is 18.6. The molecule has 3 aromatic heterocycles. The summed E-state index contributed by atoms with van der Waals surface area (Å²) in [5.41, 5.74) is 6.16. The monoisotopic (exact) mass is 914 g/mol. The Morgan fingerprint density at radius 1 is 0.879 bits per heavy atom. The van der Waals surface area contributed by atoms with Gasteiger partial charge in [-0.15, -0.1) is 0 Å². The van der Waals surface area contributed by atoms with Gasteiger partial charge in [0.05, 0.1) is 36.8 Å². The summed E-state index contributed by atoms with van der Waals surface area (Å²) in [6.07, 6.45) is 4.85. The van der Waals surface area contributed by atoms with Crippen LogP contribution in [0.3, 0.4) is 0 Å². The number of alkyl halides is 3. The van der Waals surface area contributed by atoms with E-state index < -0.39 is 24.5 Å². The van der Waals surface area contributed by atoms with Crippen LogP contribution in [-0.4, -0.2) is 139 Å². The van der Waals surface area contributed by atoms with E-state index in [-0.39, 0.29) is 42.7 Å². The van der Waals surface area contributed by atoms with Gasteiger partial charge in [-0.25, -0.2) is 9.78 Å². The molecule has 3 N–H and O–H groups in total. The van der Waals surface area contributed by atoms with Gasteiger partial charge in [0.2, 0.25) is 17.8 Å². The largest absolute Gasteiger partial charge is 0.393 e. The summed E-state index contributed by atoms with van der Waals surface area (Å²) in [6.45, 7) is 8.87. The molecule has 66 heavy (non-hydrogen) atoms. The van der Waals surface area contributed by atoms with Gasteiger partial charge in [0.25, 0.3) is 0 Å². The summed E-state index contributed by atoms with van der Waals surface area (Å²) in [7, 11) is 1.71. The zero-order valence-electron chi connectivity index (χ0n) is 37.6. The van der Waals surface area contributed by atoms with Crippen molar-refractivity contribution in [3.63, 3.8) is 0 Å². The fourth-order valence-electron chi connectivity index (χ4n) is 10.4. The maximum absolute atomic E-state index is 13.1. The average Bonchev–Trinajstić information content (AvgIpc) is 3.80. The predicted molar refractivity (Wildman–Crippen MR) is 245 cm³/mol. The highest BCUT2D eigenvalue weighted by Gasteiger charge is 2.32. The molecule has 18 heteroatoms. The van der Waals surface area contributed by atoms with Gasteiger partial charge in [0, 0.05) is 101 Å². The Bertz CT molecular complexity index is 2560. The molecule has 4 fully saturated rings. The van der Waals surface area contributed by atoms with E-state index in [1.165, 1.54) is 23.0 Å². The SMILES string of the molecule is Cn1c(=O)n(C2CCC(=O)NC2=O)c2ccc(CCOCCN3CCCC(N4CCN(Cc5ccc(-c6cn(C7CCC(O)CC7)c7nc(NCCC(F)(F)F)ncc67)cc5)CC4)C3)cc21. The molecule has 6 heterocycles. The van der Waals surface area contributed by atoms with E-state index in [0.29, 0.717) is 56.1 Å². The molecular weight excluding hydrogens is 854 g/mol. The maximum atomic E-state index is 13.1. The third-order valence-corrected chi connectivity index (χ3v) is 14.2. The molecule has 5 aromatic rings. The number of piperidine rings is 2. The van der Waals surface area contributed by atoms with E-state index in [1.54, 1.807) is 17.8 Å². The Hall–Kier alpha value is -5.14. The number of imidazole rings is 1. The van der Waals surface area contributed by atoms with Crippen molar-refractivity contribution in [2.45, 2.75) is 101 Å². The first-order valence-corrected chi connectivity index (χ1v) is 23.6. The van der Waals surface area contributed by atoms with Crippen LogP contribution in [0.25, 0.3) is 33.2 Å². The highest BCUT2D eigenvalue weighted by atomic mass is 19.4. The summed E-state index contributed by atoms with van der Waals surface area (Å²) < 4.78 is 49.8. The third-order valence-electron chi connectivity index (χ3n) is 14.2. The molecule has 3 saturated heterocycles. The third kappa shape index (κ3) is 10.5. The quantitative estimate of drug-likeness (QED) is 0.0913. The fraction of sp³-hybridized carbons (Fsp3) is 0.562. The van der Waals surface area contributed by atoms with Crippen LogP contribution in [0.15, 0.2) is 59.7 Å². The van der Waals surface area contributed by atoms with Gasteiger partial charge in [-0.05, 0) is 86.7 Å². The Morgan fingerprint density at radius 3 is 2.41 bits per heavy atom. The second kappa shape index (κ2) is 20.0. The molecule has 4 aliphatic rings. The molecule has 9 rings (SSSR count). The van der Waals surface area contributed by atoms with Gasteiger partial charge >= 0.3 is 11.9 Å². The Balaban J connectivity index is 0.734. The van der Waals surface area contributed by atoms with Gasteiger partial charge in [-0.2, -0.15) is 18.2 Å². The number of aryl methyl sites for hydroxylation is 1. The molecular formula is C48H61F3N10O5. The number of carbonyl (C=O) groups excluding carboxylic acids is 2. The highest BCUT2D eigenvalue weighted by molar-refractivity contribution is 6.00. The summed E-state index contributed by atoms with van der Waals surface area (Å²) in [4.78, 5) is 54.2. The number of nitrogens with one attached hydrogen (secondary N) is 2. The highest BCUT2D eigenvalue weighted by Crippen LogP contribution is 2.37. The van der Waals surface area contributed by atoms with Crippen LogP contribution < -0.4 is 16.3 Å². The lowest BCUT2D eigenvalue weighted by Gasteiger charge is -2.43. The normalized spacial score (nSPS) is 22.9. The number of aromatic nitrogens is 5. The fourth-order valence-corrected chi connectivity index (χ4v) is 10.4. The summed E-state index contributed by atoms with van der Waals surface area (Å²) in [5.74, 6) is -0.568. The molecule has 0 spiro atoms. The number of rotatable bonds is 15. The number of hydrogen-bond acceptors (Lipinski definition) is 11. The number of amides is 2. The molecule has 1 aliphatic carbocycles. The van der Waals surface area contributed by atoms with E-state index in [0.717, 1.165) is 92.8 Å². The minimum absolute atomic E-state index is 0.133. The van der Waals surface area contributed by atoms with Crippen molar-refractivity contribution in [2.75, 3.05) is 70.9 Å². The van der Waals surface area contributed by atoms with Crippen molar-refractivity contribution in [1.82, 2.24) is 43.7 Å². The van der Waals surface area contributed by atoms with E-state index >= 15 is 0 Å². The van der Waals surface area contributed by atoms with Crippen LogP contribution in [0.5, 0.6) is 0 Å². The van der Waals surface area contributed by atoms with Crippen molar-refractivity contribution in [3.05, 3.63) is 76.5 Å². The number of hydrogen-bond donors (Lipinski definition) is 3. The molecule has 3 aliphatic heterocycles. The molecule has 15 nitrogen and oxygen atoms in total. The number of aliphatic hydroxyl groups excluding tert-OH is 1. The summed E-state index contributed by atoms with van der Waals surface area (Å²) in [6, 6.07) is 14.5. The van der Waals surface area contributed by atoms with Crippen molar-refractivity contribution in [2.24, 2.45) is 7.05 Å². The van der Waals surface area contributed by atoms with Gasteiger partial charge in [0.1, 0.15) is 11.7 Å². The number of likely N-dealkylation sites (tertiary alicyclic amines) is 1. The van der Waals surface area contributed by atoms with E-state index in [9.17, 15) is 32.7 Å². The maximum Gasteiger partial charge on any atom is 0.390 e. The van der Waals surface area contributed by atoms with Crippen LogP contribution in [0.1, 0.15) is 81.0 Å². The molecule has 0 radical (unpaired) electrons. The van der Waals surface area contributed by atoms with Crippen molar-refractivity contribution < 1.29 is 32.6 Å². The smallest absolute Gasteiger partial charge is 0.390 e. The van der Waals surface area contributed by atoms with Gasteiger partial charge < -0.3 is 19.7 Å². The van der Waals surface area contributed by atoms with Gasteiger partial charge in [-0.3, -0.25) is 38.7 Å². The number of fused-ring (bicyclic) bond motifs is 2. The number of imide groups is 1. The van der Waals surface area contributed by atoms with Crippen LogP contribution in [0.2, 0.25) is 0 Å². The minimum atomic E-state index is -4.26. The lowest BCUT2D eigenvalue weighted by Crippen LogP contribution is -2.55. The predicted octanol–water partition coefficient (Wildman–Crippen LogP) is 5.41. The lowest BCUT2D eigenvalue weighted by molar-refractivity contribution is -0.136. The number of benzene rings is 2. The van der Waals surface area contributed by atoms with Crippen molar-refractivity contribution >= 4 is 39.8 Å². The topological polar surface area (TPSA) is 155 Å². The molecule has 0 bridgehead atoms. The Kier molecular flexibility index (Phi) is 13.9. The number of piperazine rings is 1. The Morgan fingerprint density at radius 2 is 1.65 bits per heavy atom. The molecule has 354 valence electrons. The van der Waals surface area contributed by atoms with Crippen molar-refractivity contribution in [1.29, 1.82) is 0 Å². The number of nitrogens with zero attached hydrogens (tertiary/aromatic N) is 8. The minimum Gasteiger partial charge on any atom is -0.393 e. The van der Waals surface area contributed by atoms with Crippen LogP contribution >= 0.6 is 0 Å². The van der Waals surface area contributed by atoms with Gasteiger partial charge in [0.15, 0.2) is 0 Å². The zero-order valence-corrected chi connectivity index (χ0v) is 37.6. The van der Waals surface area contributed by atoms with E-state index in [1.807, 2.05) is 18.2 Å². The van der Waals surface area contributed by atoms with Crippen LogP contribution in [-0.2, 0) is 34.3 Å². The number of carbonyl (C=O) groups is 2. The number of anilines is 1.